The molecule has 1 heterocycles. The number of aliphatic imine (C=N–C) groups is 1. The van der Waals surface area contributed by atoms with Gasteiger partial charge in [-0.05, 0) is 83.2 Å². The summed E-state index contributed by atoms with van der Waals surface area (Å²) in [6.07, 6.45) is 3.49. The fourth-order valence-electron chi connectivity index (χ4n) is 2.51. The Hall–Kier alpha value is -1.97. The van der Waals surface area contributed by atoms with Crippen LogP contribution >= 0.6 is 46.0 Å². The third kappa shape index (κ3) is 5.77. The number of carbonyl (C=O) groups excluding carboxylic acids is 1. The van der Waals surface area contributed by atoms with E-state index < -0.39 is 0 Å². The van der Waals surface area contributed by atoms with E-state index >= 15 is 0 Å². The van der Waals surface area contributed by atoms with Crippen LogP contribution in [0.3, 0.4) is 0 Å². The van der Waals surface area contributed by atoms with Gasteiger partial charge in [-0.25, -0.2) is 4.99 Å². The standard InChI is InChI=1S/C21H18ClIN2O3S/c1-3-8-28-19-16(23)9-13(10-17(19)27-4-2)11-18-20(26)25-21(29-18)24-15-7-5-6-14(22)12-15/h3,5-7,9-12H,1,4,8H2,2H3,(H,24,25,26). The monoisotopic (exact) mass is 540 g/mol. The van der Waals surface area contributed by atoms with Crippen LogP contribution in [-0.4, -0.2) is 24.3 Å². The van der Waals surface area contributed by atoms with Crippen LogP contribution in [0.4, 0.5) is 5.69 Å². The predicted octanol–water partition coefficient (Wildman–Crippen LogP) is 5.80. The lowest BCUT2D eigenvalue weighted by Gasteiger charge is -2.13. The van der Waals surface area contributed by atoms with Gasteiger partial charge in [0.15, 0.2) is 16.7 Å². The SMILES string of the molecule is C=CCOc1c(I)cc(C=C2SC(=Nc3cccc(Cl)c3)NC2=O)cc1OCC. The van der Waals surface area contributed by atoms with Crippen molar-refractivity contribution >= 4 is 68.8 Å². The first-order valence-corrected chi connectivity index (χ1v) is 11.0. The molecule has 29 heavy (non-hydrogen) atoms. The zero-order valence-electron chi connectivity index (χ0n) is 15.6. The topological polar surface area (TPSA) is 59.9 Å². The normalized spacial score (nSPS) is 16.2. The van der Waals surface area contributed by atoms with Crippen LogP contribution in [0.15, 0.2) is 59.0 Å². The number of rotatable bonds is 7. The molecule has 3 rings (SSSR count). The summed E-state index contributed by atoms with van der Waals surface area (Å²) in [5.74, 6) is 1.10. The van der Waals surface area contributed by atoms with Crippen molar-refractivity contribution in [3.63, 3.8) is 0 Å². The van der Waals surface area contributed by atoms with Crippen molar-refractivity contribution in [3.8, 4) is 11.5 Å². The van der Waals surface area contributed by atoms with Crippen molar-refractivity contribution in [2.24, 2.45) is 4.99 Å². The quantitative estimate of drug-likeness (QED) is 0.274. The summed E-state index contributed by atoms with van der Waals surface area (Å²) in [6.45, 7) is 6.48. The Balaban J connectivity index is 1.87. The maximum Gasteiger partial charge on any atom is 0.264 e. The highest BCUT2D eigenvalue weighted by Crippen LogP contribution is 2.36. The summed E-state index contributed by atoms with van der Waals surface area (Å²) < 4.78 is 12.3. The van der Waals surface area contributed by atoms with Crippen LogP contribution in [0.5, 0.6) is 11.5 Å². The van der Waals surface area contributed by atoms with Gasteiger partial charge in [0, 0.05) is 5.02 Å². The molecule has 0 bridgehead atoms. The van der Waals surface area contributed by atoms with Crippen molar-refractivity contribution in [3.05, 3.63) is 68.1 Å². The van der Waals surface area contributed by atoms with Crippen LogP contribution in [-0.2, 0) is 4.79 Å². The van der Waals surface area contributed by atoms with Gasteiger partial charge in [-0.1, -0.05) is 30.3 Å². The lowest BCUT2D eigenvalue weighted by Crippen LogP contribution is -2.19. The van der Waals surface area contributed by atoms with Crippen molar-refractivity contribution in [1.29, 1.82) is 0 Å². The molecule has 0 atom stereocenters. The average molecular weight is 541 g/mol. The van der Waals surface area contributed by atoms with Crippen molar-refractivity contribution in [2.45, 2.75) is 6.92 Å². The van der Waals surface area contributed by atoms with E-state index in [1.54, 1.807) is 18.2 Å². The molecule has 1 amide bonds. The predicted molar refractivity (Wildman–Crippen MR) is 128 cm³/mol. The van der Waals surface area contributed by atoms with Crippen LogP contribution in [0.1, 0.15) is 12.5 Å². The highest BCUT2D eigenvalue weighted by molar-refractivity contribution is 14.1. The van der Waals surface area contributed by atoms with Gasteiger partial charge < -0.3 is 14.8 Å². The smallest absolute Gasteiger partial charge is 0.264 e. The van der Waals surface area contributed by atoms with E-state index in [0.717, 1.165) is 9.13 Å². The molecular weight excluding hydrogens is 523 g/mol. The molecule has 2 aromatic carbocycles. The second kappa shape index (κ2) is 10.2. The van der Waals surface area contributed by atoms with Crippen LogP contribution < -0.4 is 14.8 Å². The molecule has 5 nitrogen and oxygen atoms in total. The van der Waals surface area contributed by atoms with Gasteiger partial charge >= 0.3 is 0 Å². The van der Waals surface area contributed by atoms with E-state index in [1.165, 1.54) is 11.8 Å². The number of hydrogen-bond donors (Lipinski definition) is 1. The van der Waals surface area contributed by atoms with E-state index in [2.05, 4.69) is 39.5 Å². The molecule has 0 saturated carbocycles. The fraction of sp³-hybridized carbons (Fsp3) is 0.143. The summed E-state index contributed by atoms with van der Waals surface area (Å²) in [5.41, 5.74) is 1.52. The number of halogens is 2. The molecule has 0 aromatic heterocycles. The third-order valence-electron chi connectivity index (χ3n) is 3.66. The van der Waals surface area contributed by atoms with E-state index in [0.29, 0.717) is 45.5 Å². The van der Waals surface area contributed by atoms with Gasteiger partial charge in [0.1, 0.15) is 6.61 Å². The van der Waals surface area contributed by atoms with Crippen LogP contribution in [0, 0.1) is 3.57 Å². The minimum absolute atomic E-state index is 0.198. The number of amides is 1. The van der Waals surface area contributed by atoms with Crippen molar-refractivity contribution in [1.82, 2.24) is 5.32 Å². The molecule has 0 radical (unpaired) electrons. The second-order valence-electron chi connectivity index (χ2n) is 5.82. The van der Waals surface area contributed by atoms with Gasteiger partial charge in [-0.3, -0.25) is 4.79 Å². The van der Waals surface area contributed by atoms with Crippen LogP contribution in [0.2, 0.25) is 5.02 Å². The molecule has 150 valence electrons. The zero-order valence-corrected chi connectivity index (χ0v) is 19.3. The Morgan fingerprint density at radius 2 is 2.14 bits per heavy atom. The van der Waals surface area contributed by atoms with E-state index in [4.69, 9.17) is 21.1 Å². The van der Waals surface area contributed by atoms with E-state index in [-0.39, 0.29) is 5.91 Å². The van der Waals surface area contributed by atoms with E-state index in [1.807, 2.05) is 37.3 Å². The second-order valence-corrected chi connectivity index (χ2v) is 8.45. The van der Waals surface area contributed by atoms with Gasteiger partial charge in [-0.15, -0.1) is 0 Å². The van der Waals surface area contributed by atoms with Crippen molar-refractivity contribution in [2.75, 3.05) is 13.2 Å². The molecule has 8 heteroatoms. The maximum atomic E-state index is 12.4. The largest absolute Gasteiger partial charge is 0.490 e. The number of hydrogen-bond acceptors (Lipinski definition) is 5. The van der Waals surface area contributed by atoms with Gasteiger partial charge in [0.2, 0.25) is 0 Å². The third-order valence-corrected chi connectivity index (χ3v) is 5.61. The first-order chi connectivity index (χ1) is 14.0. The number of benzene rings is 2. The summed E-state index contributed by atoms with van der Waals surface area (Å²) in [7, 11) is 0. The first kappa shape index (κ1) is 21.7. The average Bonchev–Trinajstić information content (AvgIpc) is 3.00. The summed E-state index contributed by atoms with van der Waals surface area (Å²) in [5, 5.41) is 3.88. The van der Waals surface area contributed by atoms with Gasteiger partial charge in [0.05, 0.1) is 20.8 Å². The minimum atomic E-state index is -0.198. The highest BCUT2D eigenvalue weighted by atomic mass is 127. The fourth-order valence-corrected chi connectivity index (χ4v) is 4.32. The number of nitrogens with zero attached hydrogens (tertiary/aromatic N) is 1. The Morgan fingerprint density at radius 1 is 1.31 bits per heavy atom. The highest BCUT2D eigenvalue weighted by Gasteiger charge is 2.24. The lowest BCUT2D eigenvalue weighted by molar-refractivity contribution is -0.115. The lowest BCUT2D eigenvalue weighted by atomic mass is 10.2. The Morgan fingerprint density at radius 3 is 2.86 bits per heavy atom. The first-order valence-electron chi connectivity index (χ1n) is 8.75. The molecule has 1 fully saturated rings. The molecule has 0 aliphatic carbocycles. The molecular formula is C21H18ClIN2O3S. The zero-order chi connectivity index (χ0) is 20.8. The number of nitrogens with one attached hydrogen (secondary N) is 1. The number of ether oxygens (including phenoxy) is 2. The number of amidine groups is 1. The molecule has 1 aliphatic rings. The molecule has 1 aliphatic heterocycles. The van der Waals surface area contributed by atoms with Gasteiger partial charge in [-0.2, -0.15) is 0 Å². The molecule has 1 N–H and O–H groups in total. The van der Waals surface area contributed by atoms with Crippen molar-refractivity contribution < 1.29 is 14.3 Å². The molecule has 2 aromatic rings. The Bertz CT molecular complexity index is 1010. The van der Waals surface area contributed by atoms with Crippen LogP contribution in [0.25, 0.3) is 6.08 Å². The maximum absolute atomic E-state index is 12.4. The molecule has 1 saturated heterocycles. The summed E-state index contributed by atoms with van der Waals surface area (Å²) in [6, 6.07) is 10.9. The Labute approximate surface area is 192 Å². The summed E-state index contributed by atoms with van der Waals surface area (Å²) in [4.78, 5) is 17.4. The molecule has 0 unspecified atom stereocenters. The Kier molecular flexibility index (Phi) is 7.63. The number of thioether (sulfide) groups is 1. The molecule has 0 spiro atoms. The summed E-state index contributed by atoms with van der Waals surface area (Å²) >= 11 is 9.46. The van der Waals surface area contributed by atoms with Gasteiger partial charge in [0.25, 0.3) is 5.91 Å². The number of carbonyl (C=O) groups is 1. The minimum Gasteiger partial charge on any atom is -0.490 e. The van der Waals surface area contributed by atoms with E-state index in [9.17, 15) is 4.79 Å².